The summed E-state index contributed by atoms with van der Waals surface area (Å²) >= 11 is 0. The number of piperazine rings is 1. The van der Waals surface area contributed by atoms with Crippen LogP contribution in [0.5, 0.6) is 0 Å². The van der Waals surface area contributed by atoms with E-state index in [9.17, 15) is 4.79 Å². The van der Waals surface area contributed by atoms with E-state index in [1.54, 1.807) is 6.92 Å². The van der Waals surface area contributed by atoms with Crippen LogP contribution in [0.4, 0.5) is 0 Å². The summed E-state index contributed by atoms with van der Waals surface area (Å²) in [5, 5.41) is 3.47. The maximum absolute atomic E-state index is 11.4. The van der Waals surface area contributed by atoms with E-state index in [0.717, 1.165) is 52.5 Å². The average Bonchev–Trinajstić information content (AvgIpc) is 2.55. The lowest BCUT2D eigenvalue weighted by molar-refractivity contribution is -0.130. The highest BCUT2D eigenvalue weighted by molar-refractivity contribution is 5.73. The average molecular weight is 306 g/mol. The van der Waals surface area contributed by atoms with Crippen LogP contribution in [-0.4, -0.2) is 79.1 Å². The zero-order valence-electron chi connectivity index (χ0n) is 13.5. The summed E-state index contributed by atoms with van der Waals surface area (Å²) in [4.78, 5) is 18.1. The molecule has 3 aliphatic heterocycles. The van der Waals surface area contributed by atoms with Crippen molar-refractivity contribution in [1.82, 2.24) is 20.0 Å². The van der Waals surface area contributed by atoms with E-state index in [1.807, 2.05) is 4.90 Å². The van der Waals surface area contributed by atoms with Gasteiger partial charge >= 0.3 is 0 Å². The second kappa shape index (κ2) is 6.60. The number of dihydropyridines is 1. The monoisotopic (exact) mass is 306 g/mol. The van der Waals surface area contributed by atoms with Gasteiger partial charge in [-0.05, 0) is 13.0 Å². The normalized spacial score (nSPS) is 26.3. The lowest BCUT2D eigenvalue weighted by Crippen LogP contribution is -2.50. The molecule has 0 bridgehead atoms. The summed E-state index contributed by atoms with van der Waals surface area (Å²) in [5.74, 6) is 1.35. The van der Waals surface area contributed by atoms with Crippen molar-refractivity contribution in [2.24, 2.45) is 0 Å². The van der Waals surface area contributed by atoms with Crippen molar-refractivity contribution in [3.05, 3.63) is 23.7 Å². The summed E-state index contributed by atoms with van der Waals surface area (Å²) in [6.07, 6.45) is 4.49. The molecule has 0 aromatic carbocycles. The molecule has 2 fully saturated rings. The van der Waals surface area contributed by atoms with Crippen LogP contribution in [0.3, 0.4) is 0 Å². The molecule has 1 amide bonds. The van der Waals surface area contributed by atoms with Crippen molar-refractivity contribution in [2.45, 2.75) is 19.9 Å². The van der Waals surface area contributed by atoms with E-state index in [1.165, 1.54) is 11.5 Å². The van der Waals surface area contributed by atoms with Crippen LogP contribution in [0.15, 0.2) is 23.7 Å². The van der Waals surface area contributed by atoms with Crippen molar-refractivity contribution in [3.63, 3.8) is 0 Å². The van der Waals surface area contributed by atoms with E-state index < -0.39 is 0 Å². The molecule has 0 aliphatic carbocycles. The third-order valence-corrected chi connectivity index (χ3v) is 4.64. The molecule has 2 saturated heterocycles. The predicted octanol–water partition coefficient (Wildman–Crippen LogP) is 0.200. The Bertz CT molecular complexity index is 481. The lowest BCUT2D eigenvalue weighted by atomic mass is 10.1. The molecule has 0 aromatic rings. The van der Waals surface area contributed by atoms with Gasteiger partial charge in [0.25, 0.3) is 0 Å². The number of carbonyl (C=O) groups excluding carboxylic acids is 1. The molecule has 0 spiro atoms. The summed E-state index contributed by atoms with van der Waals surface area (Å²) in [6, 6.07) is 0.421. The van der Waals surface area contributed by atoms with Gasteiger partial charge < -0.3 is 24.8 Å². The van der Waals surface area contributed by atoms with Gasteiger partial charge in [-0.3, -0.25) is 4.79 Å². The number of morpholine rings is 1. The second-order valence-corrected chi connectivity index (χ2v) is 6.15. The molecule has 0 unspecified atom stereocenters. The van der Waals surface area contributed by atoms with Crippen molar-refractivity contribution in [2.75, 3.05) is 52.5 Å². The number of ether oxygens (including phenoxy) is 1. The van der Waals surface area contributed by atoms with Crippen molar-refractivity contribution >= 4 is 5.91 Å². The van der Waals surface area contributed by atoms with Crippen LogP contribution in [0.1, 0.15) is 13.8 Å². The molecule has 3 rings (SSSR count). The maximum Gasteiger partial charge on any atom is 0.219 e. The van der Waals surface area contributed by atoms with Crippen LogP contribution in [0.2, 0.25) is 0 Å². The third kappa shape index (κ3) is 3.21. The first-order chi connectivity index (χ1) is 10.6. The van der Waals surface area contributed by atoms with Crippen LogP contribution in [-0.2, 0) is 9.53 Å². The Morgan fingerprint density at radius 3 is 2.73 bits per heavy atom. The minimum Gasteiger partial charge on any atom is -0.377 e. The van der Waals surface area contributed by atoms with Crippen LogP contribution < -0.4 is 5.32 Å². The molecule has 1 N–H and O–H groups in total. The molecule has 22 heavy (non-hydrogen) atoms. The van der Waals surface area contributed by atoms with Gasteiger partial charge in [0.05, 0.1) is 13.2 Å². The number of hydrogen-bond acceptors (Lipinski definition) is 5. The minimum atomic E-state index is 0.174. The molecule has 0 aromatic heterocycles. The largest absolute Gasteiger partial charge is 0.377 e. The van der Waals surface area contributed by atoms with Crippen molar-refractivity contribution < 1.29 is 9.53 Å². The minimum absolute atomic E-state index is 0.174. The summed E-state index contributed by atoms with van der Waals surface area (Å²) in [6.45, 7) is 10.7. The van der Waals surface area contributed by atoms with Gasteiger partial charge in [-0.2, -0.15) is 0 Å². The van der Waals surface area contributed by atoms with Crippen LogP contribution in [0.25, 0.3) is 0 Å². The van der Waals surface area contributed by atoms with E-state index in [0.29, 0.717) is 6.04 Å². The molecular formula is C16H26N4O2. The Morgan fingerprint density at radius 1 is 1.27 bits per heavy atom. The molecule has 122 valence electrons. The molecule has 0 radical (unpaired) electrons. The first-order valence-electron chi connectivity index (χ1n) is 8.16. The van der Waals surface area contributed by atoms with E-state index in [4.69, 9.17) is 4.74 Å². The summed E-state index contributed by atoms with van der Waals surface area (Å²) < 4.78 is 5.53. The maximum atomic E-state index is 11.4. The zero-order valence-corrected chi connectivity index (χ0v) is 13.5. The molecule has 6 nitrogen and oxygen atoms in total. The fraction of sp³-hybridized carbons (Fsp3) is 0.688. The Labute approximate surface area is 132 Å². The van der Waals surface area contributed by atoms with Gasteiger partial charge in [-0.1, -0.05) is 0 Å². The van der Waals surface area contributed by atoms with Gasteiger partial charge in [0, 0.05) is 64.0 Å². The van der Waals surface area contributed by atoms with E-state index in [-0.39, 0.29) is 5.91 Å². The first kappa shape index (κ1) is 15.2. The topological polar surface area (TPSA) is 48.1 Å². The predicted molar refractivity (Wildman–Crippen MR) is 85.0 cm³/mol. The van der Waals surface area contributed by atoms with E-state index >= 15 is 0 Å². The number of allylic oxidation sites excluding steroid dienone is 1. The SMILES string of the molecule is CC(=O)N1CCN(C2=CC(N3CCOC[C@H]3C)=CCN2)CC1. The first-order valence-corrected chi connectivity index (χ1v) is 8.16. The number of carbonyl (C=O) groups is 1. The van der Waals surface area contributed by atoms with Gasteiger partial charge in [-0.15, -0.1) is 0 Å². The quantitative estimate of drug-likeness (QED) is 0.790. The van der Waals surface area contributed by atoms with Gasteiger partial charge in [0.1, 0.15) is 5.82 Å². The lowest BCUT2D eigenvalue weighted by Gasteiger charge is -2.40. The second-order valence-electron chi connectivity index (χ2n) is 6.15. The molecule has 6 heteroatoms. The fourth-order valence-electron chi connectivity index (χ4n) is 3.29. The molecular weight excluding hydrogens is 280 g/mol. The van der Waals surface area contributed by atoms with Crippen LogP contribution >= 0.6 is 0 Å². The molecule has 1 atom stereocenters. The molecule has 3 aliphatic rings. The highest BCUT2D eigenvalue weighted by Gasteiger charge is 2.24. The standard InChI is InChI=1S/C16H26N4O2/c1-13-12-22-10-9-20(13)15-3-4-17-16(11-15)19-7-5-18(6-8-19)14(2)21/h3,11,13,17H,4-10,12H2,1-2H3/t13-/m1/s1. The fourth-order valence-corrected chi connectivity index (χ4v) is 3.29. The van der Waals surface area contributed by atoms with Gasteiger partial charge in [0.15, 0.2) is 0 Å². The van der Waals surface area contributed by atoms with Crippen molar-refractivity contribution in [1.29, 1.82) is 0 Å². The van der Waals surface area contributed by atoms with Crippen LogP contribution in [0, 0.1) is 0 Å². The van der Waals surface area contributed by atoms with Gasteiger partial charge in [0.2, 0.25) is 5.91 Å². The molecule has 3 heterocycles. The molecule has 0 saturated carbocycles. The Balaban J connectivity index is 1.65. The smallest absolute Gasteiger partial charge is 0.219 e. The Morgan fingerprint density at radius 2 is 2.05 bits per heavy atom. The highest BCUT2D eigenvalue weighted by atomic mass is 16.5. The third-order valence-electron chi connectivity index (χ3n) is 4.64. The Hall–Kier alpha value is -1.69. The number of nitrogens with zero attached hydrogens (tertiary/aromatic N) is 3. The van der Waals surface area contributed by atoms with Crippen molar-refractivity contribution in [3.8, 4) is 0 Å². The highest BCUT2D eigenvalue weighted by Crippen LogP contribution is 2.20. The van der Waals surface area contributed by atoms with E-state index in [2.05, 4.69) is 34.2 Å². The number of rotatable bonds is 2. The number of amides is 1. The summed E-state index contributed by atoms with van der Waals surface area (Å²) in [5.41, 5.74) is 1.29. The van der Waals surface area contributed by atoms with Gasteiger partial charge in [-0.25, -0.2) is 0 Å². The summed E-state index contributed by atoms with van der Waals surface area (Å²) in [7, 11) is 0. The zero-order chi connectivity index (χ0) is 15.5. The number of hydrogen-bond donors (Lipinski definition) is 1. The number of nitrogens with one attached hydrogen (secondary N) is 1. The Kier molecular flexibility index (Phi) is 4.57.